The number of hydrogen-bond donors (Lipinski definition) is 1. The zero-order valence-corrected chi connectivity index (χ0v) is 10.5. The first-order valence-electron chi connectivity index (χ1n) is 5.10. The van der Waals surface area contributed by atoms with Crippen LogP contribution in [-0.2, 0) is 14.3 Å². The predicted molar refractivity (Wildman–Crippen MR) is 66.4 cm³/mol. The van der Waals surface area contributed by atoms with Gasteiger partial charge in [-0.15, -0.1) is 0 Å². The second-order valence-corrected chi connectivity index (χ2v) is 4.56. The lowest BCUT2D eigenvalue weighted by atomic mass is 10.2. The van der Waals surface area contributed by atoms with Crippen molar-refractivity contribution in [1.29, 1.82) is 0 Å². The number of hydrogen-bond acceptors (Lipinski definition) is 5. The first kappa shape index (κ1) is 14.2. The second kappa shape index (κ2) is 6.80. The largest absolute Gasteiger partial charge is 0.481 e. The van der Waals surface area contributed by atoms with Gasteiger partial charge in [-0.2, -0.15) is 0 Å². The summed E-state index contributed by atoms with van der Waals surface area (Å²) in [6.07, 6.45) is -0.448. The summed E-state index contributed by atoms with van der Waals surface area (Å²) in [7, 11) is 1.16. The Morgan fingerprint density at radius 2 is 1.89 bits per heavy atom. The smallest absolute Gasteiger partial charge is 0.319 e. The van der Waals surface area contributed by atoms with Crippen LogP contribution in [0.5, 0.6) is 0 Å². The highest BCUT2D eigenvalue weighted by Crippen LogP contribution is 2.21. The Hall–Kier alpha value is -1.82. The van der Waals surface area contributed by atoms with E-state index in [4.69, 9.17) is 5.11 Å². The summed E-state index contributed by atoms with van der Waals surface area (Å²) in [6, 6.07) is 8.35. The topological polar surface area (TPSA) is 80.7 Å². The van der Waals surface area contributed by atoms with Crippen LogP contribution >= 0.6 is 11.8 Å². The predicted octanol–water partition coefficient (Wildman–Crippen LogP) is 1.58. The van der Waals surface area contributed by atoms with Gasteiger partial charge in [-0.25, -0.2) is 0 Å². The van der Waals surface area contributed by atoms with Crippen LogP contribution in [0.4, 0.5) is 0 Å². The Kier molecular flexibility index (Phi) is 5.38. The maximum atomic E-state index is 11.8. The van der Waals surface area contributed by atoms with Crippen molar-refractivity contribution in [3.8, 4) is 0 Å². The van der Waals surface area contributed by atoms with Gasteiger partial charge in [0.2, 0.25) is 5.12 Å². The molecule has 96 valence electrons. The van der Waals surface area contributed by atoms with E-state index < -0.39 is 23.6 Å². The summed E-state index contributed by atoms with van der Waals surface area (Å²) in [5.41, 5.74) is 0.418. The molecule has 1 aromatic carbocycles. The lowest BCUT2D eigenvalue weighted by molar-refractivity contribution is -0.144. The number of carbonyl (C=O) groups excluding carboxylic acids is 2. The number of esters is 1. The van der Waals surface area contributed by atoms with Crippen molar-refractivity contribution in [2.24, 2.45) is 0 Å². The molecule has 0 aliphatic rings. The summed E-state index contributed by atoms with van der Waals surface area (Å²) in [5, 5.41) is 7.30. The van der Waals surface area contributed by atoms with Gasteiger partial charge in [0.15, 0.2) is 0 Å². The van der Waals surface area contributed by atoms with Crippen LogP contribution < -0.4 is 0 Å². The van der Waals surface area contributed by atoms with E-state index in [1.807, 2.05) is 0 Å². The number of ether oxygens (including phenoxy) is 1. The van der Waals surface area contributed by atoms with Crippen molar-refractivity contribution in [2.75, 3.05) is 7.11 Å². The van der Waals surface area contributed by atoms with E-state index in [1.165, 1.54) is 0 Å². The van der Waals surface area contributed by atoms with Gasteiger partial charge in [-0.05, 0) is 0 Å². The molecule has 0 aliphatic carbocycles. The molecule has 1 N–H and O–H groups in total. The van der Waals surface area contributed by atoms with Crippen molar-refractivity contribution in [2.45, 2.75) is 11.7 Å². The Labute approximate surface area is 108 Å². The number of benzene rings is 1. The normalized spacial score (nSPS) is 11.6. The quantitative estimate of drug-likeness (QED) is 0.816. The molecule has 18 heavy (non-hydrogen) atoms. The first-order valence-corrected chi connectivity index (χ1v) is 5.98. The molecular formula is C12H12O5S. The number of carbonyl (C=O) groups is 3. The van der Waals surface area contributed by atoms with E-state index >= 15 is 0 Å². The molecule has 6 heteroatoms. The Morgan fingerprint density at radius 1 is 1.28 bits per heavy atom. The zero-order valence-electron chi connectivity index (χ0n) is 9.66. The molecular weight excluding hydrogens is 256 g/mol. The summed E-state index contributed by atoms with van der Waals surface area (Å²) >= 11 is 0.665. The average molecular weight is 268 g/mol. The molecule has 1 rings (SSSR count). The molecule has 1 aromatic rings. The third-order valence-electron chi connectivity index (χ3n) is 2.08. The van der Waals surface area contributed by atoms with Crippen LogP contribution in [-0.4, -0.2) is 34.5 Å². The fraction of sp³-hybridized carbons (Fsp3) is 0.250. The van der Waals surface area contributed by atoms with Crippen LogP contribution in [0, 0.1) is 0 Å². The number of carboxylic acid groups (broad SMARTS) is 1. The Morgan fingerprint density at radius 3 is 2.39 bits per heavy atom. The molecule has 1 unspecified atom stereocenters. The first-order chi connectivity index (χ1) is 8.54. The number of thioether (sulfide) groups is 1. The van der Waals surface area contributed by atoms with Crippen LogP contribution in [0.1, 0.15) is 16.8 Å². The third kappa shape index (κ3) is 4.21. The molecule has 0 saturated carbocycles. The summed E-state index contributed by atoms with van der Waals surface area (Å²) in [4.78, 5) is 33.8. The Balaban J connectivity index is 2.74. The SMILES string of the molecule is COC(=O)C(CC(=O)O)SC(=O)c1ccccc1. The van der Waals surface area contributed by atoms with E-state index in [0.29, 0.717) is 17.3 Å². The van der Waals surface area contributed by atoms with Crippen molar-refractivity contribution in [3.05, 3.63) is 35.9 Å². The molecule has 0 saturated heterocycles. The van der Waals surface area contributed by atoms with Crippen LogP contribution in [0.3, 0.4) is 0 Å². The molecule has 0 heterocycles. The number of methoxy groups -OCH3 is 1. The lowest BCUT2D eigenvalue weighted by Gasteiger charge is -2.10. The highest BCUT2D eigenvalue weighted by Gasteiger charge is 2.26. The van der Waals surface area contributed by atoms with Gasteiger partial charge >= 0.3 is 11.9 Å². The molecule has 0 radical (unpaired) electrons. The molecule has 0 amide bonds. The molecule has 0 bridgehead atoms. The van der Waals surface area contributed by atoms with Gasteiger partial charge in [0, 0.05) is 5.56 Å². The van der Waals surface area contributed by atoms with E-state index in [9.17, 15) is 14.4 Å². The average Bonchev–Trinajstić information content (AvgIpc) is 2.37. The number of rotatable bonds is 5. The number of aliphatic carboxylic acids is 1. The minimum Gasteiger partial charge on any atom is -0.481 e. The molecule has 0 aliphatic heterocycles. The monoisotopic (exact) mass is 268 g/mol. The van der Waals surface area contributed by atoms with E-state index in [0.717, 1.165) is 7.11 Å². The maximum Gasteiger partial charge on any atom is 0.319 e. The van der Waals surface area contributed by atoms with E-state index in [-0.39, 0.29) is 5.12 Å². The molecule has 0 aromatic heterocycles. The molecule has 5 nitrogen and oxygen atoms in total. The van der Waals surface area contributed by atoms with Gasteiger partial charge < -0.3 is 9.84 Å². The summed E-state index contributed by atoms with van der Waals surface area (Å²) < 4.78 is 4.47. The van der Waals surface area contributed by atoms with Crippen molar-refractivity contribution in [1.82, 2.24) is 0 Å². The van der Waals surface area contributed by atoms with Gasteiger partial charge in [0.1, 0.15) is 5.25 Å². The van der Waals surface area contributed by atoms with Crippen LogP contribution in [0.25, 0.3) is 0 Å². The Bertz CT molecular complexity index is 443. The van der Waals surface area contributed by atoms with Crippen molar-refractivity contribution < 1.29 is 24.2 Å². The van der Waals surface area contributed by atoms with Crippen molar-refractivity contribution >= 4 is 28.8 Å². The summed E-state index contributed by atoms with van der Waals surface area (Å²) in [6.45, 7) is 0. The van der Waals surface area contributed by atoms with Crippen molar-refractivity contribution in [3.63, 3.8) is 0 Å². The summed E-state index contributed by atoms with van der Waals surface area (Å²) in [5.74, 6) is -1.87. The molecule has 1 atom stereocenters. The molecule has 0 fully saturated rings. The van der Waals surface area contributed by atoms with Gasteiger partial charge in [0.05, 0.1) is 13.5 Å². The molecule has 0 spiro atoms. The highest BCUT2D eigenvalue weighted by atomic mass is 32.2. The van der Waals surface area contributed by atoms with Gasteiger partial charge in [0.25, 0.3) is 0 Å². The fourth-order valence-corrected chi connectivity index (χ4v) is 2.18. The zero-order chi connectivity index (χ0) is 13.5. The number of carboxylic acids is 1. The highest BCUT2D eigenvalue weighted by molar-refractivity contribution is 8.15. The maximum absolute atomic E-state index is 11.8. The standard InChI is InChI=1S/C12H12O5S/c1-17-11(15)9(7-10(13)14)18-12(16)8-5-3-2-4-6-8/h2-6,9H,7H2,1H3,(H,13,14). The third-order valence-corrected chi connectivity index (χ3v) is 3.18. The minimum atomic E-state index is -1.15. The van der Waals surface area contributed by atoms with Gasteiger partial charge in [-0.3, -0.25) is 14.4 Å². The van der Waals surface area contributed by atoms with E-state index in [2.05, 4.69) is 4.74 Å². The fourth-order valence-electron chi connectivity index (χ4n) is 1.23. The van der Waals surface area contributed by atoms with Gasteiger partial charge in [-0.1, -0.05) is 42.1 Å². The van der Waals surface area contributed by atoms with Crippen LogP contribution in [0.2, 0.25) is 0 Å². The van der Waals surface area contributed by atoms with Crippen LogP contribution in [0.15, 0.2) is 30.3 Å². The minimum absolute atomic E-state index is 0.354. The lowest BCUT2D eigenvalue weighted by Crippen LogP contribution is -2.24. The van der Waals surface area contributed by atoms with E-state index in [1.54, 1.807) is 30.3 Å². The second-order valence-electron chi connectivity index (χ2n) is 3.38.